The SMILES string of the molecule is CCCCCCC(=O)N/N=C(\CC)c1c(O)n(Cc2ccccc2)c(=O)[nH]c1=O. The summed E-state index contributed by atoms with van der Waals surface area (Å²) in [4.78, 5) is 38.7. The standard InChI is InChI=1S/C21H28N4O4/c1-3-5-6-10-13-17(26)24-23-16(4-2)18-19(27)22-21(29)25(20(18)28)14-15-11-8-7-9-12-15/h7-9,11-12,28H,3-6,10,13-14H2,1-2H3,(H,24,26)(H,22,27,29)/b23-16+. The molecular formula is C21H28N4O4. The highest BCUT2D eigenvalue weighted by Gasteiger charge is 2.19. The number of unbranched alkanes of at least 4 members (excludes halogenated alkanes) is 3. The molecule has 0 saturated carbocycles. The van der Waals surface area contributed by atoms with E-state index in [1.165, 1.54) is 0 Å². The highest BCUT2D eigenvalue weighted by Crippen LogP contribution is 2.15. The predicted octanol–water partition coefficient (Wildman–Crippen LogP) is 2.49. The Balaban J connectivity index is 2.26. The fourth-order valence-corrected chi connectivity index (χ4v) is 2.94. The second-order valence-corrected chi connectivity index (χ2v) is 6.79. The minimum atomic E-state index is -0.741. The lowest BCUT2D eigenvalue weighted by Gasteiger charge is -2.12. The van der Waals surface area contributed by atoms with Gasteiger partial charge in [0.05, 0.1) is 12.3 Å². The van der Waals surface area contributed by atoms with Gasteiger partial charge in [-0.3, -0.25) is 19.1 Å². The van der Waals surface area contributed by atoms with Gasteiger partial charge in [-0.15, -0.1) is 0 Å². The maximum Gasteiger partial charge on any atom is 0.331 e. The largest absolute Gasteiger partial charge is 0.494 e. The average molecular weight is 400 g/mol. The molecule has 0 radical (unpaired) electrons. The van der Waals surface area contributed by atoms with Crippen molar-refractivity contribution in [3.05, 3.63) is 62.3 Å². The van der Waals surface area contributed by atoms with Crippen molar-refractivity contribution in [1.82, 2.24) is 15.0 Å². The maximum atomic E-state index is 12.3. The molecule has 0 aliphatic heterocycles. The van der Waals surface area contributed by atoms with Crippen molar-refractivity contribution in [2.24, 2.45) is 5.10 Å². The van der Waals surface area contributed by atoms with Crippen LogP contribution in [0, 0.1) is 0 Å². The predicted molar refractivity (Wildman–Crippen MR) is 112 cm³/mol. The molecule has 29 heavy (non-hydrogen) atoms. The quantitative estimate of drug-likeness (QED) is 0.323. The highest BCUT2D eigenvalue weighted by atomic mass is 16.3. The van der Waals surface area contributed by atoms with Gasteiger partial charge in [-0.2, -0.15) is 5.10 Å². The summed E-state index contributed by atoms with van der Waals surface area (Å²) in [5, 5.41) is 14.7. The average Bonchev–Trinajstić information content (AvgIpc) is 2.71. The number of nitrogens with zero attached hydrogens (tertiary/aromatic N) is 2. The van der Waals surface area contributed by atoms with Gasteiger partial charge in [-0.25, -0.2) is 10.2 Å². The molecule has 1 heterocycles. The van der Waals surface area contributed by atoms with Crippen LogP contribution in [0.5, 0.6) is 5.88 Å². The number of aromatic nitrogens is 2. The van der Waals surface area contributed by atoms with E-state index in [9.17, 15) is 19.5 Å². The van der Waals surface area contributed by atoms with Crippen LogP contribution < -0.4 is 16.7 Å². The van der Waals surface area contributed by atoms with Crippen molar-refractivity contribution < 1.29 is 9.90 Å². The number of hydrogen-bond donors (Lipinski definition) is 3. The van der Waals surface area contributed by atoms with Crippen LogP contribution in [0.1, 0.15) is 63.5 Å². The number of hydrogen-bond acceptors (Lipinski definition) is 5. The Kier molecular flexibility index (Phi) is 8.39. The number of carbonyl (C=O) groups is 1. The molecule has 3 N–H and O–H groups in total. The Bertz CT molecular complexity index is 961. The van der Waals surface area contributed by atoms with Crippen molar-refractivity contribution in [1.29, 1.82) is 0 Å². The number of carbonyl (C=O) groups excluding carboxylic acids is 1. The highest BCUT2D eigenvalue weighted by molar-refractivity contribution is 6.02. The number of aromatic hydroxyl groups is 1. The first-order chi connectivity index (χ1) is 14.0. The third-order valence-corrected chi connectivity index (χ3v) is 4.55. The Morgan fingerprint density at radius 3 is 2.52 bits per heavy atom. The topological polar surface area (TPSA) is 117 Å². The summed E-state index contributed by atoms with van der Waals surface area (Å²) in [5.74, 6) is -0.721. The van der Waals surface area contributed by atoms with Crippen molar-refractivity contribution in [2.45, 2.75) is 58.9 Å². The summed E-state index contributed by atoms with van der Waals surface area (Å²) < 4.78 is 1.07. The fourth-order valence-electron chi connectivity index (χ4n) is 2.94. The smallest absolute Gasteiger partial charge is 0.331 e. The summed E-state index contributed by atoms with van der Waals surface area (Å²) in [6.45, 7) is 3.94. The van der Waals surface area contributed by atoms with Crippen LogP contribution in [0.2, 0.25) is 0 Å². The number of hydrazone groups is 1. The molecule has 2 rings (SSSR count). The molecule has 0 aliphatic rings. The second-order valence-electron chi connectivity index (χ2n) is 6.79. The molecule has 0 bridgehead atoms. The minimum absolute atomic E-state index is 0.0933. The van der Waals surface area contributed by atoms with Crippen molar-refractivity contribution >= 4 is 11.6 Å². The first-order valence-electron chi connectivity index (χ1n) is 9.93. The third-order valence-electron chi connectivity index (χ3n) is 4.55. The molecule has 0 fully saturated rings. The maximum absolute atomic E-state index is 12.3. The molecule has 1 amide bonds. The van der Waals surface area contributed by atoms with Crippen LogP contribution in [0.3, 0.4) is 0 Å². The zero-order chi connectivity index (χ0) is 21.2. The summed E-state index contributed by atoms with van der Waals surface area (Å²) in [6.07, 6.45) is 4.53. The van der Waals surface area contributed by atoms with Gasteiger partial charge in [-0.05, 0) is 18.4 Å². The second kappa shape index (κ2) is 11.0. The number of nitrogens with one attached hydrogen (secondary N) is 2. The molecule has 0 aliphatic carbocycles. The Labute approximate surface area is 169 Å². The number of rotatable bonds is 10. The normalized spacial score (nSPS) is 11.4. The van der Waals surface area contributed by atoms with Crippen LogP contribution in [-0.4, -0.2) is 26.3 Å². The van der Waals surface area contributed by atoms with Crippen LogP contribution in [0.15, 0.2) is 45.0 Å². The molecule has 2 aromatic rings. The van der Waals surface area contributed by atoms with E-state index in [4.69, 9.17) is 0 Å². The molecule has 8 nitrogen and oxygen atoms in total. The van der Waals surface area contributed by atoms with E-state index in [1.54, 1.807) is 6.92 Å². The van der Waals surface area contributed by atoms with E-state index < -0.39 is 17.1 Å². The van der Waals surface area contributed by atoms with E-state index in [1.807, 2.05) is 30.3 Å². The van der Waals surface area contributed by atoms with E-state index in [0.29, 0.717) is 6.42 Å². The third kappa shape index (κ3) is 6.17. The van der Waals surface area contributed by atoms with Crippen LogP contribution >= 0.6 is 0 Å². The molecular weight excluding hydrogens is 372 g/mol. The Morgan fingerprint density at radius 2 is 1.86 bits per heavy atom. The molecule has 156 valence electrons. The lowest BCUT2D eigenvalue weighted by atomic mass is 10.1. The number of amides is 1. The Morgan fingerprint density at radius 1 is 1.14 bits per heavy atom. The lowest BCUT2D eigenvalue weighted by molar-refractivity contribution is -0.121. The minimum Gasteiger partial charge on any atom is -0.494 e. The molecule has 0 spiro atoms. The first-order valence-corrected chi connectivity index (χ1v) is 9.93. The Hall–Kier alpha value is -3.16. The summed E-state index contributed by atoms with van der Waals surface area (Å²) in [5.41, 5.74) is 1.87. The van der Waals surface area contributed by atoms with Gasteiger partial charge in [0, 0.05) is 6.42 Å². The number of aromatic amines is 1. The summed E-state index contributed by atoms with van der Waals surface area (Å²) >= 11 is 0. The fraction of sp³-hybridized carbons (Fsp3) is 0.429. The van der Waals surface area contributed by atoms with Gasteiger partial charge in [0.1, 0.15) is 5.56 Å². The van der Waals surface area contributed by atoms with Crippen molar-refractivity contribution in [3.8, 4) is 5.88 Å². The van der Waals surface area contributed by atoms with Gasteiger partial charge < -0.3 is 5.11 Å². The molecule has 0 atom stereocenters. The van der Waals surface area contributed by atoms with E-state index in [2.05, 4.69) is 22.4 Å². The van der Waals surface area contributed by atoms with Gasteiger partial charge >= 0.3 is 5.69 Å². The van der Waals surface area contributed by atoms with Crippen molar-refractivity contribution in [3.63, 3.8) is 0 Å². The molecule has 0 unspecified atom stereocenters. The lowest BCUT2D eigenvalue weighted by Crippen LogP contribution is -2.34. The van der Waals surface area contributed by atoms with Crippen LogP contribution in [0.4, 0.5) is 0 Å². The van der Waals surface area contributed by atoms with Crippen molar-refractivity contribution in [2.75, 3.05) is 0 Å². The number of benzene rings is 1. The van der Waals surface area contributed by atoms with Gasteiger partial charge in [0.2, 0.25) is 11.8 Å². The number of H-pyrrole nitrogens is 1. The monoisotopic (exact) mass is 400 g/mol. The summed E-state index contributed by atoms with van der Waals surface area (Å²) in [7, 11) is 0. The van der Waals surface area contributed by atoms with Gasteiger partial charge in [-0.1, -0.05) is 63.4 Å². The van der Waals surface area contributed by atoms with Crippen LogP contribution in [-0.2, 0) is 11.3 Å². The van der Waals surface area contributed by atoms with Gasteiger partial charge in [0.15, 0.2) is 0 Å². The summed E-state index contributed by atoms with van der Waals surface area (Å²) in [6, 6.07) is 9.10. The van der Waals surface area contributed by atoms with E-state index in [0.717, 1.165) is 35.8 Å². The molecule has 8 heteroatoms. The molecule has 0 saturated heterocycles. The molecule has 1 aromatic heterocycles. The van der Waals surface area contributed by atoms with Gasteiger partial charge in [0.25, 0.3) is 5.56 Å². The zero-order valence-corrected chi connectivity index (χ0v) is 16.9. The van der Waals surface area contributed by atoms with E-state index >= 15 is 0 Å². The van der Waals surface area contributed by atoms with E-state index in [-0.39, 0.29) is 30.1 Å². The zero-order valence-electron chi connectivity index (χ0n) is 16.9. The first kappa shape index (κ1) is 22.1. The molecule has 1 aromatic carbocycles. The van der Waals surface area contributed by atoms with Crippen LogP contribution in [0.25, 0.3) is 0 Å².